The van der Waals surface area contributed by atoms with Crippen molar-refractivity contribution in [1.82, 2.24) is 5.32 Å². The van der Waals surface area contributed by atoms with Gasteiger partial charge in [0.2, 0.25) is 5.91 Å². The zero-order chi connectivity index (χ0) is 14.9. The second-order valence-corrected chi connectivity index (χ2v) is 4.96. The van der Waals surface area contributed by atoms with E-state index in [2.05, 4.69) is 5.32 Å². The van der Waals surface area contributed by atoms with E-state index in [1.54, 1.807) is 0 Å². The highest BCUT2D eigenvalue weighted by atomic mass is 35.5. The number of alkyl halides is 1. The van der Waals surface area contributed by atoms with Gasteiger partial charge in [-0.05, 0) is 23.3 Å². The molecular weight excluding hydrogens is 286 g/mol. The Morgan fingerprint density at radius 2 is 1.67 bits per heavy atom. The fourth-order valence-electron chi connectivity index (χ4n) is 1.92. The molecule has 0 heterocycles. The lowest BCUT2D eigenvalue weighted by molar-refractivity contribution is -0.120. The molecule has 0 unspecified atom stereocenters. The van der Waals surface area contributed by atoms with Gasteiger partial charge < -0.3 is 10.1 Å². The molecule has 1 N–H and O–H groups in total. The molecule has 0 spiro atoms. The van der Waals surface area contributed by atoms with Crippen LogP contribution < -0.4 is 10.1 Å². The van der Waals surface area contributed by atoms with Crippen LogP contribution in [0.5, 0.6) is 5.75 Å². The van der Waals surface area contributed by atoms with Crippen LogP contribution >= 0.6 is 11.6 Å². The highest BCUT2D eigenvalue weighted by molar-refractivity contribution is 6.18. The number of hydrogen-bond donors (Lipinski definition) is 1. The van der Waals surface area contributed by atoms with Gasteiger partial charge in [-0.15, -0.1) is 11.6 Å². The molecule has 21 heavy (non-hydrogen) atoms. The second-order valence-electron chi connectivity index (χ2n) is 4.59. The van der Waals surface area contributed by atoms with Crippen molar-refractivity contribution in [1.29, 1.82) is 0 Å². The van der Waals surface area contributed by atoms with E-state index in [4.69, 9.17) is 16.3 Å². The van der Waals surface area contributed by atoms with Gasteiger partial charge in [0.25, 0.3) is 0 Å². The molecule has 0 aliphatic rings. The van der Waals surface area contributed by atoms with Gasteiger partial charge in [-0.2, -0.15) is 0 Å². The molecule has 0 atom stereocenters. The summed E-state index contributed by atoms with van der Waals surface area (Å²) in [7, 11) is 0. The summed E-state index contributed by atoms with van der Waals surface area (Å²) in [5, 5.41) is 2.86. The Balaban J connectivity index is 1.95. The number of benzene rings is 2. The molecule has 0 aliphatic heterocycles. The molecule has 0 bridgehead atoms. The Hall–Kier alpha value is -2.00. The number of amides is 1. The number of rotatable bonds is 7. The standard InChI is InChI=1S/C17H18ClNO2/c18-11-10-17(20)19-12-14-6-4-5-7-15(14)13-21-16-8-2-1-3-9-16/h1-9H,10-13H2,(H,19,20). The van der Waals surface area contributed by atoms with Crippen LogP contribution in [0.1, 0.15) is 17.5 Å². The second kappa shape index (κ2) is 8.32. The van der Waals surface area contributed by atoms with E-state index < -0.39 is 0 Å². The topological polar surface area (TPSA) is 38.3 Å². The molecule has 3 nitrogen and oxygen atoms in total. The lowest BCUT2D eigenvalue weighted by Gasteiger charge is -2.12. The molecule has 0 saturated carbocycles. The molecular formula is C17H18ClNO2. The molecule has 2 aromatic rings. The average Bonchev–Trinajstić information content (AvgIpc) is 2.53. The zero-order valence-electron chi connectivity index (χ0n) is 11.7. The van der Waals surface area contributed by atoms with E-state index in [0.717, 1.165) is 16.9 Å². The van der Waals surface area contributed by atoms with Crippen molar-refractivity contribution in [2.24, 2.45) is 0 Å². The maximum atomic E-state index is 11.5. The summed E-state index contributed by atoms with van der Waals surface area (Å²) in [4.78, 5) is 11.5. The van der Waals surface area contributed by atoms with Gasteiger partial charge in [-0.25, -0.2) is 0 Å². The monoisotopic (exact) mass is 303 g/mol. The predicted molar refractivity (Wildman–Crippen MR) is 84.4 cm³/mol. The lowest BCUT2D eigenvalue weighted by atomic mass is 10.1. The Labute approximate surface area is 129 Å². The van der Waals surface area contributed by atoms with Gasteiger partial charge >= 0.3 is 0 Å². The molecule has 0 aliphatic carbocycles. The van der Waals surface area contributed by atoms with Gasteiger partial charge in [0.15, 0.2) is 0 Å². The molecule has 4 heteroatoms. The summed E-state index contributed by atoms with van der Waals surface area (Å²) in [6, 6.07) is 17.6. The molecule has 0 fully saturated rings. The molecule has 1 amide bonds. The summed E-state index contributed by atoms with van der Waals surface area (Å²) in [5.41, 5.74) is 2.11. The van der Waals surface area contributed by atoms with Gasteiger partial charge in [-0.3, -0.25) is 4.79 Å². The van der Waals surface area contributed by atoms with Crippen LogP contribution in [0.25, 0.3) is 0 Å². The fraction of sp³-hybridized carbons (Fsp3) is 0.235. The number of carbonyl (C=O) groups excluding carboxylic acids is 1. The Bertz CT molecular complexity index is 572. The first-order valence-electron chi connectivity index (χ1n) is 6.87. The van der Waals surface area contributed by atoms with Crippen molar-refractivity contribution in [2.45, 2.75) is 19.6 Å². The third-order valence-electron chi connectivity index (χ3n) is 3.05. The molecule has 0 saturated heterocycles. The Kier molecular flexibility index (Phi) is 6.10. The minimum Gasteiger partial charge on any atom is -0.489 e. The van der Waals surface area contributed by atoms with E-state index in [0.29, 0.717) is 25.5 Å². The van der Waals surface area contributed by atoms with Gasteiger partial charge in [0.05, 0.1) is 0 Å². The van der Waals surface area contributed by atoms with Gasteiger partial charge in [-0.1, -0.05) is 42.5 Å². The number of hydrogen-bond acceptors (Lipinski definition) is 2. The number of carbonyl (C=O) groups is 1. The summed E-state index contributed by atoms with van der Waals surface area (Å²) in [6.07, 6.45) is 0.338. The van der Waals surface area contributed by atoms with E-state index in [1.807, 2.05) is 54.6 Å². The smallest absolute Gasteiger partial charge is 0.221 e. The number of ether oxygens (including phenoxy) is 1. The number of halogens is 1. The van der Waals surface area contributed by atoms with Gasteiger partial charge in [0.1, 0.15) is 12.4 Å². The number of nitrogens with one attached hydrogen (secondary N) is 1. The minimum absolute atomic E-state index is 0.0382. The highest BCUT2D eigenvalue weighted by Crippen LogP contribution is 2.14. The first kappa shape index (κ1) is 15.4. The third-order valence-corrected chi connectivity index (χ3v) is 3.24. The summed E-state index contributed by atoms with van der Waals surface area (Å²) >= 11 is 5.55. The van der Waals surface area contributed by atoms with Crippen LogP contribution in [-0.4, -0.2) is 11.8 Å². The molecule has 0 radical (unpaired) electrons. The maximum absolute atomic E-state index is 11.5. The fourth-order valence-corrected chi connectivity index (χ4v) is 2.09. The maximum Gasteiger partial charge on any atom is 0.221 e. The van der Waals surface area contributed by atoms with E-state index in [9.17, 15) is 4.79 Å². The third kappa shape index (κ3) is 5.12. The SMILES string of the molecule is O=C(CCCl)NCc1ccccc1COc1ccccc1. The highest BCUT2D eigenvalue weighted by Gasteiger charge is 2.05. The molecule has 2 rings (SSSR count). The van der Waals surface area contributed by atoms with Crippen molar-refractivity contribution in [3.63, 3.8) is 0 Å². The summed E-state index contributed by atoms with van der Waals surface area (Å²) < 4.78 is 5.75. The Morgan fingerprint density at radius 3 is 2.38 bits per heavy atom. The molecule has 2 aromatic carbocycles. The van der Waals surface area contributed by atoms with Crippen LogP contribution in [0.15, 0.2) is 54.6 Å². The van der Waals surface area contributed by atoms with Crippen molar-refractivity contribution < 1.29 is 9.53 Å². The minimum atomic E-state index is -0.0382. The van der Waals surface area contributed by atoms with Crippen LogP contribution in [0, 0.1) is 0 Å². The quantitative estimate of drug-likeness (QED) is 0.795. The van der Waals surface area contributed by atoms with Gasteiger partial charge in [0, 0.05) is 18.8 Å². The largest absolute Gasteiger partial charge is 0.489 e. The summed E-state index contributed by atoms with van der Waals surface area (Å²) in [6.45, 7) is 0.968. The normalized spacial score (nSPS) is 10.1. The molecule has 0 aromatic heterocycles. The average molecular weight is 304 g/mol. The summed E-state index contributed by atoms with van der Waals surface area (Å²) in [5.74, 6) is 1.13. The predicted octanol–water partition coefficient (Wildman–Crippen LogP) is 3.51. The first-order chi connectivity index (χ1) is 10.3. The molecule has 110 valence electrons. The Morgan fingerprint density at radius 1 is 1.00 bits per heavy atom. The lowest BCUT2D eigenvalue weighted by Crippen LogP contribution is -2.23. The van der Waals surface area contributed by atoms with E-state index in [1.165, 1.54) is 0 Å². The van der Waals surface area contributed by atoms with E-state index >= 15 is 0 Å². The van der Waals surface area contributed by atoms with Crippen LogP contribution in [0.4, 0.5) is 0 Å². The first-order valence-corrected chi connectivity index (χ1v) is 7.40. The van der Waals surface area contributed by atoms with Crippen molar-refractivity contribution >= 4 is 17.5 Å². The number of para-hydroxylation sites is 1. The zero-order valence-corrected chi connectivity index (χ0v) is 12.5. The van der Waals surface area contributed by atoms with Crippen molar-refractivity contribution in [3.8, 4) is 5.75 Å². The van der Waals surface area contributed by atoms with Crippen LogP contribution in [0.2, 0.25) is 0 Å². The van der Waals surface area contributed by atoms with Crippen molar-refractivity contribution in [2.75, 3.05) is 5.88 Å². The van der Waals surface area contributed by atoms with Crippen LogP contribution in [-0.2, 0) is 17.9 Å². The van der Waals surface area contributed by atoms with Crippen molar-refractivity contribution in [3.05, 3.63) is 65.7 Å². The van der Waals surface area contributed by atoms with Crippen LogP contribution in [0.3, 0.4) is 0 Å². The van der Waals surface area contributed by atoms with E-state index in [-0.39, 0.29) is 5.91 Å².